The minimum absolute atomic E-state index is 0.244. The Bertz CT molecular complexity index is 1040. The predicted molar refractivity (Wildman–Crippen MR) is 119 cm³/mol. The van der Waals surface area contributed by atoms with Gasteiger partial charge in [-0.25, -0.2) is 0 Å². The van der Waals surface area contributed by atoms with Gasteiger partial charge in [-0.3, -0.25) is 4.79 Å². The Morgan fingerprint density at radius 3 is 1.45 bits per heavy atom. The van der Waals surface area contributed by atoms with Crippen LogP contribution in [0.5, 0.6) is 5.75 Å². The highest BCUT2D eigenvalue weighted by Gasteiger charge is 2.18. The molecule has 2 nitrogen and oxygen atoms in total. The second-order valence-electron chi connectivity index (χ2n) is 6.83. The Kier molecular flexibility index (Phi) is 5.53. The zero-order chi connectivity index (χ0) is 20.1. The number of hydrogen-bond donors (Lipinski definition) is 0. The van der Waals surface area contributed by atoms with Crippen molar-refractivity contribution in [1.82, 2.24) is 0 Å². The summed E-state index contributed by atoms with van der Waals surface area (Å²) in [6.45, 7) is 1.81. The lowest BCUT2D eigenvalue weighted by Crippen LogP contribution is -2.08. The van der Waals surface area contributed by atoms with Gasteiger partial charge in [-0.05, 0) is 34.4 Å². The summed E-state index contributed by atoms with van der Waals surface area (Å²) in [5.41, 5.74) is 6.05. The van der Waals surface area contributed by atoms with Crippen LogP contribution in [-0.2, 0) is 4.79 Å². The van der Waals surface area contributed by atoms with Crippen LogP contribution >= 0.6 is 0 Å². The van der Waals surface area contributed by atoms with Crippen LogP contribution in [0.3, 0.4) is 0 Å². The molecule has 0 saturated heterocycles. The first kappa shape index (κ1) is 18.7. The van der Waals surface area contributed by atoms with Gasteiger partial charge in [-0.1, -0.05) is 97.9 Å². The average molecular weight is 378 g/mol. The second kappa shape index (κ2) is 8.57. The molecule has 0 amide bonds. The highest BCUT2D eigenvalue weighted by atomic mass is 16.5. The fourth-order valence-corrected chi connectivity index (χ4v) is 3.39. The Balaban J connectivity index is 2.02. The molecule has 0 aliphatic heterocycles. The van der Waals surface area contributed by atoms with Gasteiger partial charge in [-0.2, -0.15) is 0 Å². The molecule has 0 unspecified atom stereocenters. The quantitative estimate of drug-likeness (QED) is 0.276. The lowest BCUT2D eigenvalue weighted by Gasteiger charge is -2.18. The van der Waals surface area contributed by atoms with Gasteiger partial charge in [0.1, 0.15) is 5.75 Å². The summed E-state index contributed by atoms with van der Waals surface area (Å²) in [5.74, 6) is 0.362. The lowest BCUT2D eigenvalue weighted by atomic mass is 9.92. The highest BCUT2D eigenvalue weighted by Crippen LogP contribution is 2.42. The van der Waals surface area contributed by atoms with E-state index in [0.29, 0.717) is 12.2 Å². The molecule has 0 fully saturated rings. The number of benzene rings is 4. The molecule has 4 aromatic rings. The lowest BCUT2D eigenvalue weighted by molar-refractivity contribution is -0.133. The highest BCUT2D eigenvalue weighted by molar-refractivity contribution is 5.90. The Morgan fingerprint density at radius 1 is 0.621 bits per heavy atom. The molecule has 0 radical (unpaired) electrons. The topological polar surface area (TPSA) is 26.3 Å². The maximum atomic E-state index is 12.3. The van der Waals surface area contributed by atoms with Crippen molar-refractivity contribution >= 4 is 5.97 Å². The summed E-state index contributed by atoms with van der Waals surface area (Å²) in [5, 5.41) is 0. The summed E-state index contributed by atoms with van der Waals surface area (Å²) in [6, 6.07) is 34.6. The Labute approximate surface area is 171 Å². The van der Waals surface area contributed by atoms with Crippen LogP contribution in [-0.4, -0.2) is 5.97 Å². The van der Waals surface area contributed by atoms with E-state index < -0.39 is 0 Å². The van der Waals surface area contributed by atoms with Crippen LogP contribution in [0.4, 0.5) is 0 Å². The van der Waals surface area contributed by atoms with Crippen molar-refractivity contribution in [2.24, 2.45) is 0 Å². The van der Waals surface area contributed by atoms with Crippen molar-refractivity contribution < 1.29 is 9.53 Å². The number of hydrogen-bond acceptors (Lipinski definition) is 2. The third-order valence-electron chi connectivity index (χ3n) is 4.87. The van der Waals surface area contributed by atoms with Gasteiger partial charge < -0.3 is 4.74 Å². The van der Waals surface area contributed by atoms with Gasteiger partial charge in [0.25, 0.3) is 0 Å². The van der Waals surface area contributed by atoms with E-state index >= 15 is 0 Å². The summed E-state index contributed by atoms with van der Waals surface area (Å²) in [7, 11) is 0. The zero-order valence-electron chi connectivity index (χ0n) is 16.3. The predicted octanol–water partition coefficient (Wildman–Crippen LogP) is 7.00. The first-order chi connectivity index (χ1) is 14.3. The van der Waals surface area contributed by atoms with Gasteiger partial charge in [0.15, 0.2) is 0 Å². The average Bonchev–Trinajstić information content (AvgIpc) is 2.80. The van der Waals surface area contributed by atoms with E-state index in [-0.39, 0.29) is 5.97 Å². The van der Waals surface area contributed by atoms with Crippen molar-refractivity contribution in [3.8, 4) is 39.1 Å². The van der Waals surface area contributed by atoms with Gasteiger partial charge in [-0.15, -0.1) is 0 Å². The van der Waals surface area contributed by atoms with E-state index in [4.69, 9.17) is 4.74 Å². The zero-order valence-corrected chi connectivity index (χ0v) is 16.3. The molecule has 0 bridgehead atoms. The van der Waals surface area contributed by atoms with Crippen molar-refractivity contribution in [1.29, 1.82) is 0 Å². The fraction of sp³-hybridized carbons (Fsp3) is 0.0741. The van der Waals surface area contributed by atoms with E-state index in [2.05, 4.69) is 24.3 Å². The maximum Gasteiger partial charge on any atom is 0.310 e. The van der Waals surface area contributed by atoms with Crippen molar-refractivity contribution in [3.63, 3.8) is 0 Å². The number of ether oxygens (including phenoxy) is 1. The summed E-state index contributed by atoms with van der Waals surface area (Å²) >= 11 is 0. The van der Waals surface area contributed by atoms with Crippen LogP contribution in [0, 0.1) is 0 Å². The minimum Gasteiger partial charge on any atom is -0.425 e. The molecule has 4 rings (SSSR count). The molecule has 0 aliphatic rings. The molecule has 0 saturated carbocycles. The normalized spacial score (nSPS) is 10.5. The summed E-state index contributed by atoms with van der Waals surface area (Å²) in [4.78, 5) is 12.3. The van der Waals surface area contributed by atoms with E-state index in [0.717, 1.165) is 33.4 Å². The number of esters is 1. The third-order valence-corrected chi connectivity index (χ3v) is 4.87. The second-order valence-corrected chi connectivity index (χ2v) is 6.83. The Morgan fingerprint density at radius 2 is 1.03 bits per heavy atom. The van der Waals surface area contributed by atoms with Crippen LogP contribution in [0.2, 0.25) is 0 Å². The van der Waals surface area contributed by atoms with E-state index in [1.54, 1.807) is 0 Å². The van der Waals surface area contributed by atoms with Crippen LogP contribution in [0.15, 0.2) is 103 Å². The smallest absolute Gasteiger partial charge is 0.310 e. The molecule has 0 aromatic heterocycles. The summed E-state index contributed by atoms with van der Waals surface area (Å²) < 4.78 is 5.89. The monoisotopic (exact) mass is 378 g/mol. The molecule has 0 atom stereocenters. The largest absolute Gasteiger partial charge is 0.425 e. The standard InChI is InChI=1S/C27H22O2/c1-2-26(28)29-27-24(21-14-8-4-9-15-21)18-23(20-12-6-3-7-13-20)19-25(27)22-16-10-5-11-17-22/h3-19H,2H2,1H3. The van der Waals surface area contributed by atoms with Crippen LogP contribution < -0.4 is 4.74 Å². The summed E-state index contributed by atoms with van der Waals surface area (Å²) in [6.07, 6.45) is 0.322. The molecule has 142 valence electrons. The molecule has 29 heavy (non-hydrogen) atoms. The van der Waals surface area contributed by atoms with Gasteiger partial charge in [0.05, 0.1) is 0 Å². The molecule has 0 spiro atoms. The molecule has 4 aromatic carbocycles. The van der Waals surface area contributed by atoms with Crippen molar-refractivity contribution in [2.75, 3.05) is 0 Å². The first-order valence-electron chi connectivity index (χ1n) is 9.81. The van der Waals surface area contributed by atoms with Gasteiger partial charge >= 0.3 is 5.97 Å². The van der Waals surface area contributed by atoms with E-state index in [1.165, 1.54) is 0 Å². The van der Waals surface area contributed by atoms with Crippen LogP contribution in [0.1, 0.15) is 13.3 Å². The van der Waals surface area contributed by atoms with Gasteiger partial charge in [0, 0.05) is 17.5 Å². The number of carbonyl (C=O) groups is 1. The van der Waals surface area contributed by atoms with E-state index in [1.807, 2.05) is 85.8 Å². The molecule has 0 heterocycles. The molecule has 2 heteroatoms. The van der Waals surface area contributed by atoms with Crippen molar-refractivity contribution in [3.05, 3.63) is 103 Å². The molecular formula is C27H22O2. The number of rotatable bonds is 5. The Hall–Kier alpha value is -3.65. The van der Waals surface area contributed by atoms with E-state index in [9.17, 15) is 4.79 Å². The molecular weight excluding hydrogens is 356 g/mol. The fourth-order valence-electron chi connectivity index (χ4n) is 3.39. The first-order valence-corrected chi connectivity index (χ1v) is 9.81. The SMILES string of the molecule is CCC(=O)Oc1c(-c2ccccc2)cc(-c2ccccc2)cc1-c1ccccc1. The maximum absolute atomic E-state index is 12.3. The number of carbonyl (C=O) groups excluding carboxylic acids is 1. The third kappa shape index (κ3) is 4.12. The molecule has 0 aliphatic carbocycles. The minimum atomic E-state index is -0.244. The van der Waals surface area contributed by atoms with Crippen molar-refractivity contribution in [2.45, 2.75) is 13.3 Å². The molecule has 0 N–H and O–H groups in total. The van der Waals surface area contributed by atoms with Gasteiger partial charge in [0.2, 0.25) is 0 Å². The van der Waals surface area contributed by atoms with Crippen LogP contribution in [0.25, 0.3) is 33.4 Å².